The zero-order valence-corrected chi connectivity index (χ0v) is 19.9. The van der Waals surface area contributed by atoms with Crippen LogP contribution >= 0.6 is 23.7 Å². The van der Waals surface area contributed by atoms with Crippen LogP contribution in [0.5, 0.6) is 11.5 Å². The molecule has 1 amide bonds. The number of hydrogen-bond donors (Lipinski definition) is 0. The number of thiazole rings is 1. The smallest absolute Gasteiger partial charge is 0.266 e. The summed E-state index contributed by atoms with van der Waals surface area (Å²) in [5, 5.41) is 0.664. The molecular weight excluding hydrogens is 450 g/mol. The third-order valence-electron chi connectivity index (χ3n) is 5.29. The first-order valence-corrected chi connectivity index (χ1v) is 11.2. The van der Waals surface area contributed by atoms with Gasteiger partial charge in [0.05, 0.1) is 25.0 Å². The highest BCUT2D eigenvalue weighted by atomic mass is 35.5. The Balaban J connectivity index is 0.00000289. The first-order valence-electron chi connectivity index (χ1n) is 10.4. The molecule has 1 aliphatic heterocycles. The van der Waals surface area contributed by atoms with E-state index < -0.39 is 0 Å². The predicted molar refractivity (Wildman–Crippen MR) is 130 cm³/mol. The van der Waals surface area contributed by atoms with Crippen molar-refractivity contribution >= 4 is 45.0 Å². The standard InChI is InChI=1S/C23H27N3O4S.ClH/c1-17-8-9-19(28-2)21-22(17)31-23(24-21)26(11-10-25-12-14-29-15-13-25)20(27)16-30-18-6-4-3-5-7-18;/h3-9H,10-16H2,1-2H3;1H. The zero-order chi connectivity index (χ0) is 21.6. The molecule has 7 nitrogen and oxygen atoms in total. The van der Waals surface area contributed by atoms with E-state index in [1.807, 2.05) is 49.4 Å². The second-order valence-electron chi connectivity index (χ2n) is 7.36. The Kier molecular flexibility index (Phi) is 8.69. The molecule has 1 fully saturated rings. The van der Waals surface area contributed by atoms with Crippen molar-refractivity contribution in [2.45, 2.75) is 6.92 Å². The van der Waals surface area contributed by atoms with E-state index in [4.69, 9.17) is 19.2 Å². The number of hydrogen-bond acceptors (Lipinski definition) is 7. The Hall–Kier alpha value is -2.39. The van der Waals surface area contributed by atoms with Gasteiger partial charge in [-0.25, -0.2) is 4.98 Å². The Bertz CT molecular complexity index is 1020. The van der Waals surface area contributed by atoms with Gasteiger partial charge in [-0.1, -0.05) is 35.6 Å². The number of ether oxygens (including phenoxy) is 3. The van der Waals surface area contributed by atoms with E-state index in [2.05, 4.69) is 4.90 Å². The summed E-state index contributed by atoms with van der Waals surface area (Å²) in [6, 6.07) is 13.3. The summed E-state index contributed by atoms with van der Waals surface area (Å²) in [5.74, 6) is 1.27. The molecule has 0 aliphatic carbocycles. The van der Waals surface area contributed by atoms with Crippen molar-refractivity contribution in [2.24, 2.45) is 0 Å². The van der Waals surface area contributed by atoms with Crippen molar-refractivity contribution in [3.63, 3.8) is 0 Å². The van der Waals surface area contributed by atoms with Crippen molar-refractivity contribution in [3.05, 3.63) is 48.0 Å². The minimum atomic E-state index is -0.118. The van der Waals surface area contributed by atoms with E-state index in [0.29, 0.717) is 23.2 Å². The van der Waals surface area contributed by atoms with Crippen LogP contribution in [0.15, 0.2) is 42.5 Å². The third-order valence-corrected chi connectivity index (χ3v) is 6.51. The number of para-hydroxylation sites is 1. The van der Waals surface area contributed by atoms with Gasteiger partial charge in [-0.2, -0.15) is 0 Å². The van der Waals surface area contributed by atoms with Crippen LogP contribution in [0.2, 0.25) is 0 Å². The number of anilines is 1. The maximum absolute atomic E-state index is 13.2. The van der Waals surface area contributed by atoms with Crippen LogP contribution in [0.3, 0.4) is 0 Å². The molecule has 2 heterocycles. The number of methoxy groups -OCH3 is 1. The quantitative estimate of drug-likeness (QED) is 0.492. The van der Waals surface area contributed by atoms with Crippen LogP contribution < -0.4 is 14.4 Å². The number of halogens is 1. The summed E-state index contributed by atoms with van der Waals surface area (Å²) >= 11 is 1.51. The fraction of sp³-hybridized carbons (Fsp3) is 0.391. The van der Waals surface area contributed by atoms with Crippen molar-refractivity contribution in [2.75, 3.05) is 58.0 Å². The number of benzene rings is 2. The fourth-order valence-electron chi connectivity index (χ4n) is 3.51. The fourth-order valence-corrected chi connectivity index (χ4v) is 4.61. The van der Waals surface area contributed by atoms with Crippen LogP contribution in [0, 0.1) is 6.92 Å². The molecule has 0 atom stereocenters. The van der Waals surface area contributed by atoms with Gasteiger partial charge in [-0.15, -0.1) is 12.4 Å². The van der Waals surface area contributed by atoms with Gasteiger partial charge in [0.2, 0.25) is 0 Å². The Morgan fingerprint density at radius 2 is 1.94 bits per heavy atom. The molecule has 32 heavy (non-hydrogen) atoms. The van der Waals surface area contributed by atoms with Crippen molar-refractivity contribution in [1.29, 1.82) is 0 Å². The lowest BCUT2D eigenvalue weighted by Gasteiger charge is -2.29. The lowest BCUT2D eigenvalue weighted by molar-refractivity contribution is -0.120. The molecule has 4 rings (SSSR count). The number of aryl methyl sites for hydroxylation is 1. The molecular formula is C23H28ClN3O4S. The summed E-state index contributed by atoms with van der Waals surface area (Å²) in [7, 11) is 1.64. The highest BCUT2D eigenvalue weighted by Gasteiger charge is 2.23. The number of carbonyl (C=O) groups is 1. The lowest BCUT2D eigenvalue weighted by Crippen LogP contribution is -2.44. The molecule has 172 valence electrons. The first kappa shape index (κ1) is 24.3. The Morgan fingerprint density at radius 1 is 1.19 bits per heavy atom. The molecule has 1 aromatic heterocycles. The van der Waals surface area contributed by atoms with Gasteiger partial charge >= 0.3 is 0 Å². The second-order valence-corrected chi connectivity index (χ2v) is 8.34. The Morgan fingerprint density at radius 3 is 2.66 bits per heavy atom. The summed E-state index contributed by atoms with van der Waals surface area (Å²) in [6.45, 7) is 6.49. The number of morpholine rings is 1. The summed E-state index contributed by atoms with van der Waals surface area (Å²) < 4.78 is 17.7. The lowest BCUT2D eigenvalue weighted by atomic mass is 10.2. The molecule has 3 aromatic rings. The molecule has 2 aromatic carbocycles. The topological polar surface area (TPSA) is 64.1 Å². The normalized spacial score (nSPS) is 14.1. The molecule has 0 unspecified atom stereocenters. The average Bonchev–Trinajstić information content (AvgIpc) is 3.25. The van der Waals surface area contributed by atoms with E-state index in [1.54, 1.807) is 12.0 Å². The van der Waals surface area contributed by atoms with Crippen molar-refractivity contribution in [1.82, 2.24) is 9.88 Å². The second kappa shape index (κ2) is 11.5. The van der Waals surface area contributed by atoms with Gasteiger partial charge in [0.15, 0.2) is 11.7 Å². The number of amides is 1. The van der Waals surface area contributed by atoms with Crippen molar-refractivity contribution < 1.29 is 19.0 Å². The minimum Gasteiger partial charge on any atom is -0.494 e. The van der Waals surface area contributed by atoms with Gasteiger partial charge in [-0.05, 0) is 30.7 Å². The highest BCUT2D eigenvalue weighted by molar-refractivity contribution is 7.22. The summed E-state index contributed by atoms with van der Waals surface area (Å²) in [5.41, 5.74) is 1.90. The number of nitrogens with zero attached hydrogens (tertiary/aromatic N) is 3. The van der Waals surface area contributed by atoms with Crippen LogP contribution in [0.25, 0.3) is 10.2 Å². The molecule has 0 saturated carbocycles. The molecule has 0 bridgehead atoms. The van der Waals surface area contributed by atoms with Gasteiger partial charge in [0, 0.05) is 26.2 Å². The predicted octanol–water partition coefficient (Wildman–Crippen LogP) is 3.78. The van der Waals surface area contributed by atoms with Gasteiger partial charge in [-0.3, -0.25) is 14.6 Å². The van der Waals surface area contributed by atoms with Gasteiger partial charge in [0.25, 0.3) is 5.91 Å². The van der Waals surface area contributed by atoms with Crippen LogP contribution in [0.4, 0.5) is 5.13 Å². The number of fused-ring (bicyclic) bond motifs is 1. The van der Waals surface area contributed by atoms with Gasteiger partial charge in [0.1, 0.15) is 17.0 Å². The first-order chi connectivity index (χ1) is 15.2. The maximum Gasteiger partial charge on any atom is 0.266 e. The van der Waals surface area contributed by atoms with E-state index in [9.17, 15) is 4.79 Å². The Labute approximate surface area is 198 Å². The SMILES string of the molecule is COc1ccc(C)c2sc(N(CCN3CCOCC3)C(=O)COc3ccccc3)nc12.Cl. The molecule has 9 heteroatoms. The highest BCUT2D eigenvalue weighted by Crippen LogP contribution is 2.36. The zero-order valence-electron chi connectivity index (χ0n) is 18.3. The van der Waals surface area contributed by atoms with Crippen LogP contribution in [0.1, 0.15) is 5.56 Å². The number of carbonyl (C=O) groups excluding carboxylic acids is 1. The molecule has 0 spiro atoms. The van der Waals surface area contributed by atoms with Crippen LogP contribution in [-0.2, 0) is 9.53 Å². The van der Waals surface area contributed by atoms with E-state index >= 15 is 0 Å². The molecule has 1 aliphatic rings. The molecule has 0 N–H and O–H groups in total. The third kappa shape index (κ3) is 5.69. The van der Waals surface area contributed by atoms with Crippen LogP contribution in [-0.4, -0.2) is 68.9 Å². The minimum absolute atomic E-state index is 0. The molecule has 0 radical (unpaired) electrons. The maximum atomic E-state index is 13.2. The monoisotopic (exact) mass is 477 g/mol. The summed E-state index contributed by atoms with van der Waals surface area (Å²) in [4.78, 5) is 22.0. The van der Waals surface area contributed by atoms with Crippen molar-refractivity contribution in [3.8, 4) is 11.5 Å². The average molecular weight is 478 g/mol. The number of rotatable bonds is 8. The van der Waals surface area contributed by atoms with E-state index in [-0.39, 0.29) is 24.9 Å². The number of aromatic nitrogens is 1. The van der Waals surface area contributed by atoms with E-state index in [0.717, 1.165) is 48.6 Å². The van der Waals surface area contributed by atoms with E-state index in [1.165, 1.54) is 11.3 Å². The summed E-state index contributed by atoms with van der Waals surface area (Å²) in [6.07, 6.45) is 0. The van der Waals surface area contributed by atoms with Gasteiger partial charge < -0.3 is 14.2 Å². The largest absolute Gasteiger partial charge is 0.494 e. The molecule has 1 saturated heterocycles.